The van der Waals surface area contributed by atoms with E-state index in [-0.39, 0.29) is 18.6 Å². The largest absolute Gasteiger partial charge is 0.368 e. The van der Waals surface area contributed by atoms with Gasteiger partial charge in [-0.1, -0.05) is 19.8 Å². The van der Waals surface area contributed by atoms with Crippen LogP contribution in [0.25, 0.3) is 0 Å². The molecule has 1 fully saturated rings. The van der Waals surface area contributed by atoms with Crippen LogP contribution in [0.3, 0.4) is 0 Å². The number of hydrazine groups is 1. The Hall–Kier alpha value is -0.610. The minimum absolute atomic E-state index is 0.0912. The van der Waals surface area contributed by atoms with E-state index in [9.17, 15) is 4.79 Å². The number of carbonyl (C=O) groups excluding carboxylic acids is 1. The van der Waals surface area contributed by atoms with Gasteiger partial charge in [-0.25, -0.2) is 5.84 Å². The minimum atomic E-state index is -0.252. The van der Waals surface area contributed by atoms with Crippen LogP contribution in [0.5, 0.6) is 0 Å². The normalized spacial score (nSPS) is 28.5. The molecule has 0 saturated heterocycles. The second-order valence-corrected chi connectivity index (χ2v) is 3.77. The molecule has 1 saturated carbocycles. The number of hydrogen-bond acceptors (Lipinski definition) is 3. The summed E-state index contributed by atoms with van der Waals surface area (Å²) in [5.74, 6) is 5.41. The lowest BCUT2D eigenvalue weighted by Crippen LogP contribution is -2.35. The van der Waals surface area contributed by atoms with Crippen molar-refractivity contribution in [2.24, 2.45) is 11.8 Å². The maximum Gasteiger partial charge on any atom is 0.259 e. The predicted octanol–water partition coefficient (Wildman–Crippen LogP) is 0.572. The van der Waals surface area contributed by atoms with E-state index in [1.807, 2.05) is 0 Å². The first-order valence-electron chi connectivity index (χ1n) is 4.83. The van der Waals surface area contributed by atoms with Crippen LogP contribution < -0.4 is 11.3 Å². The van der Waals surface area contributed by atoms with Crippen molar-refractivity contribution in [3.05, 3.63) is 0 Å². The van der Waals surface area contributed by atoms with Crippen LogP contribution in [0.4, 0.5) is 0 Å². The van der Waals surface area contributed by atoms with E-state index < -0.39 is 0 Å². The lowest BCUT2D eigenvalue weighted by Gasteiger charge is -2.26. The maximum atomic E-state index is 10.8. The maximum absolute atomic E-state index is 10.8. The molecule has 13 heavy (non-hydrogen) atoms. The smallest absolute Gasteiger partial charge is 0.259 e. The summed E-state index contributed by atoms with van der Waals surface area (Å²) in [6.45, 7) is 2.31. The Kier molecular flexibility index (Phi) is 4.18. The molecule has 76 valence electrons. The van der Waals surface area contributed by atoms with Gasteiger partial charge in [0.25, 0.3) is 5.91 Å². The van der Waals surface area contributed by atoms with Gasteiger partial charge < -0.3 is 4.74 Å². The fourth-order valence-corrected chi connectivity index (χ4v) is 1.77. The van der Waals surface area contributed by atoms with E-state index in [0.717, 1.165) is 18.8 Å². The number of carbonyl (C=O) groups is 1. The molecule has 1 rings (SSSR count). The van der Waals surface area contributed by atoms with Crippen LogP contribution in [-0.4, -0.2) is 18.6 Å². The van der Waals surface area contributed by atoms with Crippen molar-refractivity contribution in [1.82, 2.24) is 5.43 Å². The molecular formula is C9H18N2O2. The summed E-state index contributed by atoms with van der Waals surface area (Å²) in [5.41, 5.74) is 2.05. The highest BCUT2D eigenvalue weighted by Gasteiger charge is 2.19. The van der Waals surface area contributed by atoms with Gasteiger partial charge in [0.2, 0.25) is 0 Å². The lowest BCUT2D eigenvalue weighted by molar-refractivity contribution is -0.128. The lowest BCUT2D eigenvalue weighted by atomic mass is 9.89. The second kappa shape index (κ2) is 5.19. The molecule has 0 bridgehead atoms. The van der Waals surface area contributed by atoms with E-state index in [0.29, 0.717) is 0 Å². The van der Waals surface area contributed by atoms with Crippen LogP contribution in [-0.2, 0) is 9.53 Å². The summed E-state index contributed by atoms with van der Waals surface area (Å²) in [5, 5.41) is 0. The molecule has 0 heterocycles. The molecule has 2 unspecified atom stereocenters. The Labute approximate surface area is 78.8 Å². The molecule has 0 spiro atoms. The molecule has 1 aliphatic rings. The van der Waals surface area contributed by atoms with E-state index in [1.54, 1.807) is 0 Å². The monoisotopic (exact) mass is 186 g/mol. The number of amides is 1. The summed E-state index contributed by atoms with van der Waals surface area (Å²) in [4.78, 5) is 10.8. The van der Waals surface area contributed by atoms with Gasteiger partial charge in [0.05, 0.1) is 6.10 Å². The molecule has 0 aromatic rings. The fourth-order valence-electron chi connectivity index (χ4n) is 1.77. The molecule has 4 heteroatoms. The number of nitrogens with two attached hydrogens (primary N) is 1. The van der Waals surface area contributed by atoms with Gasteiger partial charge in [0, 0.05) is 0 Å². The summed E-state index contributed by atoms with van der Waals surface area (Å²) < 4.78 is 5.41. The molecule has 2 atom stereocenters. The third kappa shape index (κ3) is 3.74. The summed E-state index contributed by atoms with van der Waals surface area (Å²) >= 11 is 0. The molecule has 1 aliphatic carbocycles. The number of rotatable bonds is 3. The van der Waals surface area contributed by atoms with Gasteiger partial charge in [0.1, 0.15) is 6.61 Å². The van der Waals surface area contributed by atoms with Gasteiger partial charge in [-0.2, -0.15) is 0 Å². The number of hydrogen-bond donors (Lipinski definition) is 2. The van der Waals surface area contributed by atoms with Crippen molar-refractivity contribution in [3.63, 3.8) is 0 Å². The van der Waals surface area contributed by atoms with Crippen molar-refractivity contribution < 1.29 is 9.53 Å². The zero-order valence-electron chi connectivity index (χ0n) is 8.08. The molecule has 0 aromatic heterocycles. The van der Waals surface area contributed by atoms with Crippen molar-refractivity contribution in [1.29, 1.82) is 0 Å². The first kappa shape index (κ1) is 10.5. The molecule has 1 amide bonds. The van der Waals surface area contributed by atoms with Gasteiger partial charge in [-0.05, 0) is 18.8 Å². The summed E-state index contributed by atoms with van der Waals surface area (Å²) in [6.07, 6.45) is 4.88. The predicted molar refractivity (Wildman–Crippen MR) is 49.7 cm³/mol. The summed E-state index contributed by atoms with van der Waals surface area (Å²) in [7, 11) is 0. The quantitative estimate of drug-likeness (QED) is 0.385. The van der Waals surface area contributed by atoms with Crippen molar-refractivity contribution in [2.45, 2.75) is 38.7 Å². The van der Waals surface area contributed by atoms with Gasteiger partial charge in [-0.3, -0.25) is 10.2 Å². The molecule has 0 radical (unpaired) electrons. The standard InChI is InChI=1S/C9H18N2O2/c1-7-3-2-4-8(5-7)13-6-9(12)11-10/h7-8H,2-6,10H2,1H3,(H,11,12). The topological polar surface area (TPSA) is 64.3 Å². The third-order valence-corrected chi connectivity index (χ3v) is 2.50. The number of ether oxygens (including phenoxy) is 1. The van der Waals surface area contributed by atoms with Crippen molar-refractivity contribution in [2.75, 3.05) is 6.61 Å². The highest BCUT2D eigenvalue weighted by Crippen LogP contribution is 2.25. The Morgan fingerprint density at radius 1 is 1.62 bits per heavy atom. The van der Waals surface area contributed by atoms with Crippen molar-refractivity contribution >= 4 is 5.91 Å². The Bertz CT molecular complexity index is 173. The first-order valence-corrected chi connectivity index (χ1v) is 4.83. The molecular weight excluding hydrogens is 168 g/mol. The van der Waals surface area contributed by atoms with Crippen LogP contribution in [0.15, 0.2) is 0 Å². The van der Waals surface area contributed by atoms with Gasteiger partial charge in [-0.15, -0.1) is 0 Å². The van der Waals surface area contributed by atoms with Gasteiger partial charge in [0.15, 0.2) is 0 Å². The summed E-state index contributed by atoms with van der Waals surface area (Å²) in [6, 6.07) is 0. The first-order chi connectivity index (χ1) is 6.22. The zero-order chi connectivity index (χ0) is 9.68. The third-order valence-electron chi connectivity index (χ3n) is 2.50. The molecule has 0 aromatic carbocycles. The second-order valence-electron chi connectivity index (χ2n) is 3.77. The molecule has 3 N–H and O–H groups in total. The SMILES string of the molecule is CC1CCCC(OCC(=O)NN)C1. The van der Waals surface area contributed by atoms with Crippen LogP contribution in [0.2, 0.25) is 0 Å². The van der Waals surface area contributed by atoms with E-state index in [1.165, 1.54) is 12.8 Å². The number of nitrogens with one attached hydrogen (secondary N) is 1. The highest BCUT2D eigenvalue weighted by atomic mass is 16.5. The molecule has 4 nitrogen and oxygen atoms in total. The van der Waals surface area contributed by atoms with E-state index >= 15 is 0 Å². The Morgan fingerprint density at radius 2 is 2.38 bits per heavy atom. The minimum Gasteiger partial charge on any atom is -0.368 e. The van der Waals surface area contributed by atoms with E-state index in [2.05, 4.69) is 12.3 Å². The average molecular weight is 186 g/mol. The van der Waals surface area contributed by atoms with Gasteiger partial charge >= 0.3 is 0 Å². The molecule has 0 aliphatic heterocycles. The zero-order valence-corrected chi connectivity index (χ0v) is 8.08. The highest BCUT2D eigenvalue weighted by molar-refractivity contribution is 5.76. The van der Waals surface area contributed by atoms with Crippen LogP contribution in [0.1, 0.15) is 32.6 Å². The average Bonchev–Trinajstić information content (AvgIpc) is 2.14. The van der Waals surface area contributed by atoms with Crippen molar-refractivity contribution in [3.8, 4) is 0 Å². The fraction of sp³-hybridized carbons (Fsp3) is 0.889. The van der Waals surface area contributed by atoms with Crippen LogP contribution >= 0.6 is 0 Å². The Morgan fingerprint density at radius 3 is 3.00 bits per heavy atom. The van der Waals surface area contributed by atoms with E-state index in [4.69, 9.17) is 10.6 Å². The van der Waals surface area contributed by atoms with Crippen LogP contribution in [0, 0.1) is 5.92 Å². The Balaban J connectivity index is 2.17.